The first-order chi connectivity index (χ1) is 4.83. The molecule has 0 atom stereocenters. The van der Waals surface area contributed by atoms with Crippen LogP contribution in [0.15, 0.2) is 0 Å². The summed E-state index contributed by atoms with van der Waals surface area (Å²) in [7, 11) is 0. The maximum absolute atomic E-state index is 5.57. The fourth-order valence-corrected chi connectivity index (χ4v) is 1.27. The van der Waals surface area contributed by atoms with Gasteiger partial charge < -0.3 is 5.73 Å². The van der Waals surface area contributed by atoms with Gasteiger partial charge in [-0.3, -0.25) is 4.84 Å². The molecule has 0 aliphatic carbocycles. The Labute approximate surface area is 69.0 Å². The van der Waals surface area contributed by atoms with Gasteiger partial charge in [0.2, 0.25) is 0 Å². The largest absolute Gasteiger partial charge is 0.330 e. The van der Waals surface area contributed by atoms with Crippen molar-refractivity contribution in [3.8, 4) is 0 Å². The smallest absolute Gasteiger partial charge is 0.0843 e. The molecule has 4 N–H and O–H groups in total. The van der Waals surface area contributed by atoms with E-state index in [1.54, 1.807) is 0 Å². The van der Waals surface area contributed by atoms with Crippen LogP contribution in [0.2, 0.25) is 0 Å². The molecule has 0 heterocycles. The number of hydrogen-bond acceptors (Lipinski definition) is 3. The normalized spacial score (nSPS) is 13.6. The zero-order chi connectivity index (χ0) is 9.12. The van der Waals surface area contributed by atoms with Crippen LogP contribution >= 0.6 is 0 Å². The summed E-state index contributed by atoms with van der Waals surface area (Å²) in [5.74, 6) is 5.13. The van der Waals surface area contributed by atoms with E-state index in [2.05, 4.69) is 13.8 Å². The highest BCUT2D eigenvalue weighted by Crippen LogP contribution is 2.27. The molecule has 0 unspecified atom stereocenters. The van der Waals surface area contributed by atoms with Crippen molar-refractivity contribution in [3.63, 3.8) is 0 Å². The third-order valence-corrected chi connectivity index (χ3v) is 1.78. The van der Waals surface area contributed by atoms with E-state index in [1.807, 2.05) is 13.8 Å². The maximum Gasteiger partial charge on any atom is 0.0843 e. The molecule has 0 rings (SSSR count). The standard InChI is InChI=1S/C8H20N2O/c1-7(2,6-9)5-8(3,4)11-10/h5-6,9-10H2,1-4H3. The monoisotopic (exact) mass is 160 g/mol. The van der Waals surface area contributed by atoms with Gasteiger partial charge in [0.15, 0.2) is 0 Å². The molecule has 0 aliphatic heterocycles. The molecule has 0 radical (unpaired) electrons. The van der Waals surface area contributed by atoms with Gasteiger partial charge in [-0.25, -0.2) is 5.90 Å². The number of rotatable bonds is 4. The Morgan fingerprint density at radius 1 is 1.18 bits per heavy atom. The molecule has 0 spiro atoms. The van der Waals surface area contributed by atoms with Gasteiger partial charge in [-0.05, 0) is 32.2 Å². The van der Waals surface area contributed by atoms with Gasteiger partial charge in [-0.15, -0.1) is 0 Å². The second-order valence-corrected chi connectivity index (χ2v) is 4.42. The summed E-state index contributed by atoms with van der Waals surface area (Å²) in [5, 5.41) is 0. The molecule has 0 fully saturated rings. The van der Waals surface area contributed by atoms with Gasteiger partial charge in [0.05, 0.1) is 5.60 Å². The first kappa shape index (κ1) is 10.9. The second-order valence-electron chi connectivity index (χ2n) is 4.42. The highest BCUT2D eigenvalue weighted by atomic mass is 16.6. The molecule has 68 valence electrons. The lowest BCUT2D eigenvalue weighted by Crippen LogP contribution is -2.37. The molecule has 0 amide bonds. The zero-order valence-corrected chi connectivity index (χ0v) is 7.98. The molecule has 0 saturated carbocycles. The third-order valence-electron chi connectivity index (χ3n) is 1.78. The summed E-state index contributed by atoms with van der Waals surface area (Å²) in [6.07, 6.45) is 0.868. The van der Waals surface area contributed by atoms with E-state index in [4.69, 9.17) is 16.5 Å². The molecule has 3 heteroatoms. The molecule has 11 heavy (non-hydrogen) atoms. The average Bonchev–Trinajstić information content (AvgIpc) is 1.86. The number of hydrogen-bond donors (Lipinski definition) is 2. The number of nitrogens with two attached hydrogens (primary N) is 2. The molecule has 0 aromatic rings. The van der Waals surface area contributed by atoms with E-state index in [1.165, 1.54) is 0 Å². The van der Waals surface area contributed by atoms with Gasteiger partial charge in [0.25, 0.3) is 0 Å². The van der Waals surface area contributed by atoms with Gasteiger partial charge in [0, 0.05) is 0 Å². The van der Waals surface area contributed by atoms with Crippen molar-refractivity contribution in [2.45, 2.75) is 39.7 Å². The minimum Gasteiger partial charge on any atom is -0.330 e. The zero-order valence-electron chi connectivity index (χ0n) is 7.98. The maximum atomic E-state index is 5.57. The van der Waals surface area contributed by atoms with Crippen LogP contribution in [0.3, 0.4) is 0 Å². The van der Waals surface area contributed by atoms with E-state index in [9.17, 15) is 0 Å². The molecular formula is C8H20N2O. The highest BCUT2D eigenvalue weighted by Gasteiger charge is 2.27. The van der Waals surface area contributed by atoms with Crippen LogP contribution in [0.4, 0.5) is 0 Å². The summed E-state index contributed by atoms with van der Waals surface area (Å²) in [6, 6.07) is 0. The molecule has 0 aromatic heterocycles. The van der Waals surface area contributed by atoms with Crippen LogP contribution in [0.5, 0.6) is 0 Å². The predicted molar refractivity (Wildman–Crippen MR) is 46.8 cm³/mol. The van der Waals surface area contributed by atoms with Gasteiger partial charge in [-0.1, -0.05) is 13.8 Å². The van der Waals surface area contributed by atoms with E-state index in [0.29, 0.717) is 6.54 Å². The minimum atomic E-state index is -0.275. The highest BCUT2D eigenvalue weighted by molar-refractivity contribution is 4.79. The lowest BCUT2D eigenvalue weighted by Gasteiger charge is -2.32. The van der Waals surface area contributed by atoms with Gasteiger partial charge in [-0.2, -0.15) is 0 Å². The average molecular weight is 160 g/mol. The Bertz CT molecular complexity index is 107. The Morgan fingerprint density at radius 3 is 1.91 bits per heavy atom. The lowest BCUT2D eigenvalue weighted by atomic mass is 9.82. The predicted octanol–water partition coefficient (Wildman–Crippen LogP) is 1.03. The quantitative estimate of drug-likeness (QED) is 0.604. The van der Waals surface area contributed by atoms with E-state index in [-0.39, 0.29) is 11.0 Å². The molecule has 0 aliphatic rings. The van der Waals surface area contributed by atoms with E-state index < -0.39 is 0 Å². The van der Waals surface area contributed by atoms with Crippen molar-refractivity contribution in [2.75, 3.05) is 6.54 Å². The minimum absolute atomic E-state index is 0.100. The Morgan fingerprint density at radius 2 is 1.64 bits per heavy atom. The van der Waals surface area contributed by atoms with Crippen LogP contribution in [-0.4, -0.2) is 12.1 Å². The third kappa shape index (κ3) is 4.35. The first-order valence-electron chi connectivity index (χ1n) is 3.91. The van der Waals surface area contributed by atoms with Crippen molar-refractivity contribution in [3.05, 3.63) is 0 Å². The Balaban J connectivity index is 4.02. The summed E-state index contributed by atoms with van der Waals surface area (Å²) in [6.45, 7) is 8.79. The second kappa shape index (κ2) is 3.52. The van der Waals surface area contributed by atoms with E-state index >= 15 is 0 Å². The van der Waals surface area contributed by atoms with Crippen molar-refractivity contribution in [2.24, 2.45) is 17.0 Å². The Hall–Kier alpha value is -0.120. The van der Waals surface area contributed by atoms with Crippen LogP contribution in [-0.2, 0) is 4.84 Å². The Kier molecular flexibility index (Phi) is 3.48. The van der Waals surface area contributed by atoms with Gasteiger partial charge >= 0.3 is 0 Å². The van der Waals surface area contributed by atoms with Gasteiger partial charge in [0.1, 0.15) is 0 Å². The molecule has 0 bridgehead atoms. The van der Waals surface area contributed by atoms with Crippen LogP contribution in [0.1, 0.15) is 34.1 Å². The lowest BCUT2D eigenvalue weighted by molar-refractivity contribution is -0.0466. The molecule has 0 aromatic carbocycles. The van der Waals surface area contributed by atoms with Crippen molar-refractivity contribution >= 4 is 0 Å². The van der Waals surface area contributed by atoms with E-state index in [0.717, 1.165) is 6.42 Å². The van der Waals surface area contributed by atoms with Crippen LogP contribution < -0.4 is 11.6 Å². The molecule has 0 saturated heterocycles. The summed E-state index contributed by atoms with van der Waals surface area (Å²) < 4.78 is 0. The van der Waals surface area contributed by atoms with Crippen LogP contribution in [0.25, 0.3) is 0 Å². The van der Waals surface area contributed by atoms with Crippen molar-refractivity contribution in [1.29, 1.82) is 0 Å². The summed E-state index contributed by atoms with van der Waals surface area (Å²) >= 11 is 0. The van der Waals surface area contributed by atoms with Crippen molar-refractivity contribution in [1.82, 2.24) is 0 Å². The summed E-state index contributed by atoms with van der Waals surface area (Å²) in [5.41, 5.74) is 5.40. The fourth-order valence-electron chi connectivity index (χ4n) is 1.27. The molecular weight excluding hydrogens is 140 g/mol. The molecule has 3 nitrogen and oxygen atoms in total. The first-order valence-corrected chi connectivity index (χ1v) is 3.91. The SMILES string of the molecule is CC(C)(CN)CC(C)(C)ON. The van der Waals surface area contributed by atoms with Crippen LogP contribution in [0, 0.1) is 5.41 Å². The fraction of sp³-hybridized carbons (Fsp3) is 1.00. The summed E-state index contributed by atoms with van der Waals surface area (Å²) in [4.78, 5) is 4.82. The topological polar surface area (TPSA) is 61.3 Å². The van der Waals surface area contributed by atoms with Crippen molar-refractivity contribution < 1.29 is 4.84 Å².